The van der Waals surface area contributed by atoms with Gasteiger partial charge >= 0.3 is 5.69 Å². The molecule has 0 bridgehead atoms. The van der Waals surface area contributed by atoms with E-state index in [1.54, 1.807) is 0 Å². The molecule has 3 N–H and O–H groups in total. The third-order valence-corrected chi connectivity index (χ3v) is 3.49. The van der Waals surface area contributed by atoms with E-state index < -0.39 is 0 Å². The maximum Gasteiger partial charge on any atom is 0.332 e. The zero-order valence-electron chi connectivity index (χ0n) is 12.2. The van der Waals surface area contributed by atoms with Crippen LogP contribution in [0.1, 0.15) is 26.7 Å². The maximum absolute atomic E-state index is 12.2. The van der Waals surface area contributed by atoms with Crippen molar-refractivity contribution in [2.24, 2.45) is 13.0 Å². The summed E-state index contributed by atoms with van der Waals surface area (Å²) < 4.78 is 2.58. The molecule has 1 heterocycles. The van der Waals surface area contributed by atoms with Crippen LogP contribution < -0.4 is 22.3 Å². The summed E-state index contributed by atoms with van der Waals surface area (Å²) in [6.45, 7) is 4.51. The van der Waals surface area contributed by atoms with Crippen LogP contribution in [0, 0.1) is 5.92 Å². The van der Waals surface area contributed by atoms with Gasteiger partial charge in [-0.25, -0.2) is 4.79 Å². The van der Waals surface area contributed by atoms with Crippen LogP contribution in [0.2, 0.25) is 0 Å². The molecule has 0 spiro atoms. The molecule has 1 aromatic rings. The van der Waals surface area contributed by atoms with Crippen LogP contribution in [-0.4, -0.2) is 15.2 Å². The Bertz CT molecular complexity index is 632. The second-order valence-electron chi connectivity index (χ2n) is 5.70. The van der Waals surface area contributed by atoms with Crippen LogP contribution >= 0.6 is 0 Å². The fourth-order valence-electron chi connectivity index (χ4n) is 2.40. The second-order valence-corrected chi connectivity index (χ2v) is 5.70. The molecule has 110 valence electrons. The fourth-order valence-corrected chi connectivity index (χ4v) is 2.40. The topological polar surface area (TPSA) is 82.0 Å². The van der Waals surface area contributed by atoms with Crippen LogP contribution in [0.3, 0.4) is 0 Å². The zero-order valence-corrected chi connectivity index (χ0v) is 12.2. The molecule has 1 aromatic heterocycles. The molecule has 6 nitrogen and oxygen atoms in total. The molecular weight excluding hydrogens is 256 g/mol. The van der Waals surface area contributed by atoms with Gasteiger partial charge in [-0.05, 0) is 18.8 Å². The number of anilines is 2. The molecule has 0 unspecified atom stereocenters. The largest absolute Gasteiger partial charge is 0.383 e. The van der Waals surface area contributed by atoms with E-state index in [4.69, 9.17) is 5.73 Å². The van der Waals surface area contributed by atoms with Crippen LogP contribution in [0.4, 0.5) is 11.5 Å². The van der Waals surface area contributed by atoms with Gasteiger partial charge in [-0.1, -0.05) is 26.0 Å². The van der Waals surface area contributed by atoms with Crippen molar-refractivity contribution in [1.82, 2.24) is 9.13 Å². The van der Waals surface area contributed by atoms with E-state index >= 15 is 0 Å². The van der Waals surface area contributed by atoms with Gasteiger partial charge in [-0.3, -0.25) is 13.9 Å². The minimum Gasteiger partial charge on any atom is -0.383 e. The number of nitrogen functional groups attached to an aromatic ring is 1. The summed E-state index contributed by atoms with van der Waals surface area (Å²) in [5.74, 6) is 0.507. The Morgan fingerprint density at radius 1 is 1.35 bits per heavy atom. The Morgan fingerprint density at radius 2 is 1.95 bits per heavy atom. The molecule has 0 atom stereocenters. The minimum atomic E-state index is -0.365. The monoisotopic (exact) mass is 278 g/mol. The lowest BCUT2D eigenvalue weighted by Crippen LogP contribution is -2.42. The van der Waals surface area contributed by atoms with Crippen molar-refractivity contribution in [3.05, 3.63) is 33.0 Å². The highest BCUT2D eigenvalue weighted by Gasteiger charge is 2.19. The third kappa shape index (κ3) is 2.64. The molecule has 0 saturated carbocycles. The Morgan fingerprint density at radius 3 is 2.50 bits per heavy atom. The standard InChI is InChI=1S/C14H22N4O2/c1-9(2)8-18-12(15)11(13(19)17(3)14(18)20)16-10-6-4-5-7-10/h4-5,9-10,16H,6-8,15H2,1-3H3. The summed E-state index contributed by atoms with van der Waals surface area (Å²) in [4.78, 5) is 24.4. The van der Waals surface area contributed by atoms with E-state index in [-0.39, 0.29) is 29.0 Å². The molecular formula is C14H22N4O2. The zero-order chi connectivity index (χ0) is 14.9. The Labute approximate surface area is 117 Å². The number of hydrogen-bond donors (Lipinski definition) is 2. The van der Waals surface area contributed by atoms with Gasteiger partial charge in [0.2, 0.25) is 0 Å². The van der Waals surface area contributed by atoms with Crippen molar-refractivity contribution in [2.45, 2.75) is 39.3 Å². The lowest BCUT2D eigenvalue weighted by molar-refractivity contribution is 0.494. The second kappa shape index (κ2) is 5.56. The van der Waals surface area contributed by atoms with E-state index in [0.717, 1.165) is 17.4 Å². The normalized spacial score (nSPS) is 15.2. The first-order valence-electron chi connectivity index (χ1n) is 6.92. The molecule has 2 rings (SSSR count). The summed E-state index contributed by atoms with van der Waals surface area (Å²) in [6.07, 6.45) is 5.88. The maximum atomic E-state index is 12.2. The van der Waals surface area contributed by atoms with Gasteiger partial charge in [0.1, 0.15) is 11.5 Å². The number of rotatable bonds is 4. The first-order valence-corrected chi connectivity index (χ1v) is 6.92. The van der Waals surface area contributed by atoms with Gasteiger partial charge in [0.05, 0.1) is 0 Å². The van der Waals surface area contributed by atoms with E-state index in [0.29, 0.717) is 12.2 Å². The summed E-state index contributed by atoms with van der Waals surface area (Å²) >= 11 is 0. The lowest BCUT2D eigenvalue weighted by Gasteiger charge is -2.20. The van der Waals surface area contributed by atoms with Crippen molar-refractivity contribution >= 4 is 11.5 Å². The lowest BCUT2D eigenvalue weighted by atomic mass is 10.2. The molecule has 6 heteroatoms. The predicted molar refractivity (Wildman–Crippen MR) is 81.0 cm³/mol. The van der Waals surface area contributed by atoms with Crippen molar-refractivity contribution in [1.29, 1.82) is 0 Å². The van der Waals surface area contributed by atoms with Gasteiger partial charge in [-0.2, -0.15) is 0 Å². The highest BCUT2D eigenvalue weighted by Crippen LogP contribution is 2.18. The number of nitrogens with one attached hydrogen (secondary N) is 1. The van der Waals surface area contributed by atoms with Crippen molar-refractivity contribution < 1.29 is 0 Å². The number of nitrogens with zero attached hydrogens (tertiary/aromatic N) is 2. The third-order valence-electron chi connectivity index (χ3n) is 3.49. The van der Waals surface area contributed by atoms with Crippen molar-refractivity contribution in [3.8, 4) is 0 Å². The minimum absolute atomic E-state index is 0.176. The molecule has 20 heavy (non-hydrogen) atoms. The van der Waals surface area contributed by atoms with E-state index in [1.165, 1.54) is 11.6 Å². The Hall–Kier alpha value is -1.98. The summed E-state index contributed by atoms with van der Waals surface area (Å²) in [7, 11) is 1.49. The van der Waals surface area contributed by atoms with Crippen LogP contribution in [-0.2, 0) is 13.6 Å². The molecule has 1 aliphatic rings. The quantitative estimate of drug-likeness (QED) is 0.802. The first-order chi connectivity index (χ1) is 9.41. The predicted octanol–water partition coefficient (Wildman–Crippen LogP) is 0.916. The molecule has 0 fully saturated rings. The van der Waals surface area contributed by atoms with E-state index in [9.17, 15) is 9.59 Å². The highest BCUT2D eigenvalue weighted by molar-refractivity contribution is 5.61. The van der Waals surface area contributed by atoms with Crippen LogP contribution in [0.5, 0.6) is 0 Å². The SMILES string of the molecule is CC(C)Cn1c(N)c(NC2CC=CC2)c(=O)n(C)c1=O. The molecule has 0 aliphatic heterocycles. The van der Waals surface area contributed by atoms with Crippen molar-refractivity contribution in [2.75, 3.05) is 11.1 Å². The highest BCUT2D eigenvalue weighted by atomic mass is 16.2. The fraction of sp³-hybridized carbons (Fsp3) is 0.571. The molecule has 0 aromatic carbocycles. The molecule has 0 saturated heterocycles. The van der Waals surface area contributed by atoms with Gasteiger partial charge in [0, 0.05) is 19.6 Å². The van der Waals surface area contributed by atoms with Crippen molar-refractivity contribution in [3.63, 3.8) is 0 Å². The summed E-state index contributed by atoms with van der Waals surface area (Å²) in [5, 5.41) is 3.18. The number of hydrogen-bond acceptors (Lipinski definition) is 4. The molecule has 0 radical (unpaired) electrons. The smallest absolute Gasteiger partial charge is 0.332 e. The number of aromatic nitrogens is 2. The van der Waals surface area contributed by atoms with Gasteiger partial charge in [0.25, 0.3) is 5.56 Å². The molecule has 0 amide bonds. The van der Waals surface area contributed by atoms with Gasteiger partial charge in [-0.15, -0.1) is 0 Å². The van der Waals surface area contributed by atoms with Gasteiger partial charge in [0.15, 0.2) is 0 Å². The Kier molecular flexibility index (Phi) is 4.01. The van der Waals surface area contributed by atoms with Crippen LogP contribution in [0.15, 0.2) is 21.7 Å². The average molecular weight is 278 g/mol. The van der Waals surface area contributed by atoms with E-state index in [2.05, 4.69) is 17.5 Å². The first kappa shape index (κ1) is 14.4. The average Bonchev–Trinajstić information content (AvgIpc) is 2.90. The summed E-state index contributed by atoms with van der Waals surface area (Å²) in [5.41, 5.74) is 5.66. The number of nitrogens with two attached hydrogens (primary N) is 1. The van der Waals surface area contributed by atoms with E-state index in [1.807, 2.05) is 13.8 Å². The molecule has 1 aliphatic carbocycles. The van der Waals surface area contributed by atoms with Crippen LogP contribution in [0.25, 0.3) is 0 Å². The Balaban J connectivity index is 2.47. The summed E-state index contributed by atoms with van der Waals surface area (Å²) in [6, 6.07) is 0.176. The van der Waals surface area contributed by atoms with Gasteiger partial charge < -0.3 is 11.1 Å².